The van der Waals surface area contributed by atoms with Crippen LogP contribution in [0, 0.1) is 0 Å². The maximum atomic E-state index is 12.7. The predicted octanol–water partition coefficient (Wildman–Crippen LogP) is 2.54. The fourth-order valence-corrected chi connectivity index (χ4v) is 3.38. The van der Waals surface area contributed by atoms with Crippen LogP contribution in [0.1, 0.15) is 38.4 Å². The first-order valence-corrected chi connectivity index (χ1v) is 7.79. The van der Waals surface area contributed by atoms with Crippen molar-refractivity contribution in [2.45, 2.75) is 51.0 Å². The summed E-state index contributed by atoms with van der Waals surface area (Å²) in [4.78, 5) is 14.7. The maximum absolute atomic E-state index is 12.7. The molecule has 1 aromatic carbocycles. The van der Waals surface area contributed by atoms with Gasteiger partial charge in [0.15, 0.2) is 0 Å². The number of carbonyl (C=O) groups is 1. The highest BCUT2D eigenvalue weighted by Crippen LogP contribution is 2.32. The summed E-state index contributed by atoms with van der Waals surface area (Å²) in [6.45, 7) is 5.39. The van der Waals surface area contributed by atoms with E-state index in [-0.39, 0.29) is 30.2 Å². The standard InChI is InChI=1S/C17H23NO3/c1-12-11-21-16(14-7-4-3-5-8-14)13(2)18(12)17(19)15-9-6-10-20-15/h3-5,7-8,12-13,15-16H,6,9-11H2,1-2H3/t12-,13-,15+,16+/m1/s1. The van der Waals surface area contributed by atoms with Gasteiger partial charge in [-0.2, -0.15) is 0 Å². The average Bonchev–Trinajstić information content (AvgIpc) is 3.02. The molecule has 4 atom stereocenters. The lowest BCUT2D eigenvalue weighted by Crippen LogP contribution is -2.56. The van der Waals surface area contributed by atoms with Crippen molar-refractivity contribution in [1.82, 2.24) is 4.90 Å². The molecule has 2 heterocycles. The second kappa shape index (κ2) is 6.16. The summed E-state index contributed by atoms with van der Waals surface area (Å²) in [6.07, 6.45) is 1.49. The fraction of sp³-hybridized carbons (Fsp3) is 0.588. The number of hydrogen-bond acceptors (Lipinski definition) is 3. The van der Waals surface area contributed by atoms with Gasteiger partial charge in [0.2, 0.25) is 0 Å². The third-order valence-electron chi connectivity index (χ3n) is 4.46. The minimum absolute atomic E-state index is 0.0212. The van der Waals surface area contributed by atoms with Crippen molar-refractivity contribution < 1.29 is 14.3 Å². The highest BCUT2D eigenvalue weighted by atomic mass is 16.5. The highest BCUT2D eigenvalue weighted by Gasteiger charge is 2.40. The summed E-state index contributed by atoms with van der Waals surface area (Å²) >= 11 is 0. The van der Waals surface area contributed by atoms with Crippen molar-refractivity contribution >= 4 is 5.91 Å². The predicted molar refractivity (Wildman–Crippen MR) is 79.9 cm³/mol. The molecule has 114 valence electrons. The number of carbonyl (C=O) groups excluding carboxylic acids is 1. The molecule has 1 amide bonds. The zero-order valence-electron chi connectivity index (χ0n) is 12.7. The van der Waals surface area contributed by atoms with E-state index in [0.29, 0.717) is 13.2 Å². The Morgan fingerprint density at radius 2 is 1.95 bits per heavy atom. The molecule has 0 saturated carbocycles. The maximum Gasteiger partial charge on any atom is 0.252 e. The molecule has 0 aliphatic carbocycles. The summed E-state index contributed by atoms with van der Waals surface area (Å²) in [6, 6.07) is 10.3. The zero-order valence-corrected chi connectivity index (χ0v) is 12.7. The van der Waals surface area contributed by atoms with Crippen LogP contribution in [0.25, 0.3) is 0 Å². The third kappa shape index (κ3) is 2.83. The van der Waals surface area contributed by atoms with Crippen molar-refractivity contribution in [3.05, 3.63) is 35.9 Å². The molecule has 2 aliphatic rings. The third-order valence-corrected chi connectivity index (χ3v) is 4.46. The van der Waals surface area contributed by atoms with Gasteiger partial charge in [-0.25, -0.2) is 0 Å². The number of hydrogen-bond donors (Lipinski definition) is 0. The molecule has 4 nitrogen and oxygen atoms in total. The lowest BCUT2D eigenvalue weighted by Gasteiger charge is -2.44. The number of amides is 1. The number of rotatable bonds is 2. The minimum atomic E-state index is -0.260. The van der Waals surface area contributed by atoms with Gasteiger partial charge in [-0.15, -0.1) is 0 Å². The monoisotopic (exact) mass is 289 g/mol. The molecular formula is C17H23NO3. The van der Waals surface area contributed by atoms with Crippen LogP contribution in [-0.4, -0.2) is 42.2 Å². The first-order chi connectivity index (χ1) is 10.2. The molecule has 2 fully saturated rings. The second-order valence-electron chi connectivity index (χ2n) is 6.00. The molecule has 2 aliphatic heterocycles. The van der Waals surface area contributed by atoms with Gasteiger partial charge < -0.3 is 14.4 Å². The number of benzene rings is 1. The van der Waals surface area contributed by atoms with Crippen LogP contribution in [0.5, 0.6) is 0 Å². The fourth-order valence-electron chi connectivity index (χ4n) is 3.38. The molecule has 0 aromatic heterocycles. The van der Waals surface area contributed by atoms with Crippen LogP contribution in [0.4, 0.5) is 0 Å². The molecule has 0 N–H and O–H groups in total. The molecule has 0 spiro atoms. The molecular weight excluding hydrogens is 266 g/mol. The number of ether oxygens (including phenoxy) is 2. The van der Waals surface area contributed by atoms with E-state index in [4.69, 9.17) is 9.47 Å². The van der Waals surface area contributed by atoms with Gasteiger partial charge in [0.1, 0.15) is 12.2 Å². The summed E-state index contributed by atoms with van der Waals surface area (Å²) in [7, 11) is 0. The first-order valence-electron chi connectivity index (χ1n) is 7.79. The Morgan fingerprint density at radius 3 is 2.62 bits per heavy atom. The summed E-state index contributed by atoms with van der Waals surface area (Å²) in [5, 5.41) is 0. The van der Waals surface area contributed by atoms with Crippen LogP contribution in [0.3, 0.4) is 0 Å². The SMILES string of the molecule is C[C@@H]1CO[C@H](c2ccccc2)[C@@H](C)N1C(=O)[C@@H]1CCCO1. The zero-order chi connectivity index (χ0) is 14.8. The van der Waals surface area contributed by atoms with Gasteiger partial charge in [-0.05, 0) is 32.3 Å². The lowest BCUT2D eigenvalue weighted by atomic mass is 9.97. The second-order valence-corrected chi connectivity index (χ2v) is 6.00. The molecule has 0 unspecified atom stereocenters. The van der Waals surface area contributed by atoms with E-state index in [2.05, 4.69) is 19.1 Å². The van der Waals surface area contributed by atoms with E-state index in [1.54, 1.807) is 0 Å². The van der Waals surface area contributed by atoms with Gasteiger partial charge in [-0.1, -0.05) is 30.3 Å². The van der Waals surface area contributed by atoms with Crippen LogP contribution < -0.4 is 0 Å². The van der Waals surface area contributed by atoms with Gasteiger partial charge in [0.05, 0.1) is 18.7 Å². The van der Waals surface area contributed by atoms with E-state index in [1.165, 1.54) is 0 Å². The van der Waals surface area contributed by atoms with Crippen molar-refractivity contribution in [3.63, 3.8) is 0 Å². The van der Waals surface area contributed by atoms with Crippen molar-refractivity contribution in [2.24, 2.45) is 0 Å². The Morgan fingerprint density at radius 1 is 1.19 bits per heavy atom. The van der Waals surface area contributed by atoms with Crippen LogP contribution in [-0.2, 0) is 14.3 Å². The van der Waals surface area contributed by atoms with E-state index in [9.17, 15) is 4.79 Å². The van der Waals surface area contributed by atoms with Crippen LogP contribution >= 0.6 is 0 Å². The Kier molecular flexibility index (Phi) is 4.27. The Bertz CT molecular complexity index is 484. The van der Waals surface area contributed by atoms with Gasteiger partial charge in [0.25, 0.3) is 5.91 Å². The quantitative estimate of drug-likeness (QED) is 0.840. The smallest absolute Gasteiger partial charge is 0.252 e. The van der Waals surface area contributed by atoms with E-state index >= 15 is 0 Å². The average molecular weight is 289 g/mol. The summed E-state index contributed by atoms with van der Waals surface area (Å²) < 4.78 is 11.6. The van der Waals surface area contributed by atoms with Crippen LogP contribution in [0.15, 0.2) is 30.3 Å². The van der Waals surface area contributed by atoms with Crippen molar-refractivity contribution in [2.75, 3.05) is 13.2 Å². The highest BCUT2D eigenvalue weighted by molar-refractivity contribution is 5.82. The molecule has 3 rings (SSSR count). The topological polar surface area (TPSA) is 38.8 Å². The normalized spacial score (nSPS) is 33.1. The van der Waals surface area contributed by atoms with E-state index < -0.39 is 0 Å². The van der Waals surface area contributed by atoms with Crippen molar-refractivity contribution in [3.8, 4) is 0 Å². The largest absolute Gasteiger partial charge is 0.369 e. The van der Waals surface area contributed by atoms with Gasteiger partial charge in [-0.3, -0.25) is 4.79 Å². The Labute approximate surface area is 126 Å². The summed E-state index contributed by atoms with van der Waals surface area (Å²) in [5.41, 5.74) is 1.13. The van der Waals surface area contributed by atoms with Gasteiger partial charge >= 0.3 is 0 Å². The molecule has 1 aromatic rings. The molecule has 0 bridgehead atoms. The molecule has 4 heteroatoms. The molecule has 0 radical (unpaired) electrons. The first kappa shape index (κ1) is 14.5. The minimum Gasteiger partial charge on any atom is -0.369 e. The van der Waals surface area contributed by atoms with Crippen LogP contribution in [0.2, 0.25) is 0 Å². The molecule has 2 saturated heterocycles. The Balaban J connectivity index is 1.80. The van der Waals surface area contributed by atoms with E-state index in [1.807, 2.05) is 30.0 Å². The number of nitrogens with zero attached hydrogens (tertiary/aromatic N) is 1. The van der Waals surface area contributed by atoms with E-state index in [0.717, 1.165) is 18.4 Å². The van der Waals surface area contributed by atoms with Gasteiger partial charge in [0, 0.05) is 6.61 Å². The van der Waals surface area contributed by atoms with Crippen molar-refractivity contribution in [1.29, 1.82) is 0 Å². The lowest BCUT2D eigenvalue weighted by molar-refractivity contribution is -0.162. The molecule has 21 heavy (non-hydrogen) atoms. The Hall–Kier alpha value is -1.39. The number of morpholine rings is 1. The summed E-state index contributed by atoms with van der Waals surface area (Å²) in [5.74, 6) is 0.122.